The first-order valence-electron chi connectivity index (χ1n) is 4.42. The fourth-order valence-corrected chi connectivity index (χ4v) is 1.67. The number of thioether (sulfide) groups is 1. The van der Waals surface area contributed by atoms with E-state index in [9.17, 15) is 4.79 Å². The Balaban J connectivity index is 3.61. The third kappa shape index (κ3) is 6.66. The molecule has 0 unspecified atom stereocenters. The van der Waals surface area contributed by atoms with E-state index in [0.717, 1.165) is 17.9 Å². The molecule has 0 amide bonds. The van der Waals surface area contributed by atoms with Crippen LogP contribution < -0.4 is 5.73 Å². The van der Waals surface area contributed by atoms with Crippen molar-refractivity contribution in [2.75, 3.05) is 18.1 Å². The molecule has 3 N–H and O–H groups in total. The second-order valence-corrected chi connectivity index (χ2v) is 3.76. The Morgan fingerprint density at radius 1 is 1.62 bits per heavy atom. The van der Waals surface area contributed by atoms with Gasteiger partial charge in [0.1, 0.15) is 0 Å². The molecular weight excluding hydrogens is 186 g/mol. The number of nitrogens with two attached hydrogens (primary N) is 1. The third-order valence-corrected chi connectivity index (χ3v) is 2.58. The van der Waals surface area contributed by atoms with Gasteiger partial charge >= 0.3 is 5.97 Å². The summed E-state index contributed by atoms with van der Waals surface area (Å²) in [6.45, 7) is 2.56. The summed E-state index contributed by atoms with van der Waals surface area (Å²) in [5, 5.41) is 8.68. The van der Waals surface area contributed by atoms with Crippen LogP contribution in [0, 0.1) is 0 Å². The van der Waals surface area contributed by atoms with Gasteiger partial charge in [-0.15, -0.1) is 0 Å². The maximum absolute atomic E-state index is 10.6. The summed E-state index contributed by atoms with van der Waals surface area (Å²) < 4.78 is 0. The van der Waals surface area contributed by atoms with Crippen LogP contribution in [0.5, 0.6) is 0 Å². The number of carboxylic acid groups (broad SMARTS) is 1. The first-order valence-corrected chi connectivity index (χ1v) is 5.58. The van der Waals surface area contributed by atoms with Gasteiger partial charge in [0.05, 0.1) is 0 Å². The minimum absolute atomic E-state index is 0.500. The molecule has 0 spiro atoms. The molecule has 76 valence electrons. The Labute approximate surface area is 83.4 Å². The van der Waals surface area contributed by atoms with Crippen molar-refractivity contribution >= 4 is 17.7 Å². The van der Waals surface area contributed by atoms with Crippen LogP contribution >= 0.6 is 11.8 Å². The quantitative estimate of drug-likeness (QED) is 0.486. The van der Waals surface area contributed by atoms with E-state index in [1.165, 1.54) is 0 Å². The van der Waals surface area contributed by atoms with Gasteiger partial charge in [-0.05, 0) is 25.1 Å². The standard InChI is InChI=1S/C9H17NO2S/c1-2-8(9(11)12)4-7-13-6-3-5-10/h4H,2-3,5-7,10H2,1H3,(H,11,12). The Hall–Kier alpha value is -0.480. The summed E-state index contributed by atoms with van der Waals surface area (Å²) in [5.74, 6) is 0.973. The van der Waals surface area contributed by atoms with Crippen LogP contribution in [0.2, 0.25) is 0 Å². The lowest BCUT2D eigenvalue weighted by atomic mass is 10.2. The average molecular weight is 203 g/mol. The van der Waals surface area contributed by atoms with Crippen molar-refractivity contribution in [3.63, 3.8) is 0 Å². The van der Waals surface area contributed by atoms with Gasteiger partial charge in [-0.3, -0.25) is 0 Å². The smallest absolute Gasteiger partial charge is 0.331 e. The Kier molecular flexibility index (Phi) is 7.83. The molecule has 0 rings (SSSR count). The predicted molar refractivity (Wildman–Crippen MR) is 57.0 cm³/mol. The fraction of sp³-hybridized carbons (Fsp3) is 0.667. The van der Waals surface area contributed by atoms with Crippen LogP contribution in [0.1, 0.15) is 19.8 Å². The highest BCUT2D eigenvalue weighted by Crippen LogP contribution is 2.06. The monoisotopic (exact) mass is 203 g/mol. The largest absolute Gasteiger partial charge is 0.478 e. The van der Waals surface area contributed by atoms with Gasteiger partial charge in [0.15, 0.2) is 0 Å². The summed E-state index contributed by atoms with van der Waals surface area (Å²) in [6, 6.07) is 0. The van der Waals surface area contributed by atoms with E-state index >= 15 is 0 Å². The predicted octanol–water partition coefficient (Wildman–Crippen LogP) is 1.49. The molecule has 0 radical (unpaired) electrons. The molecule has 13 heavy (non-hydrogen) atoms. The molecule has 0 aromatic heterocycles. The number of carboxylic acids is 1. The summed E-state index contributed by atoms with van der Waals surface area (Å²) in [4.78, 5) is 10.6. The number of hydrogen-bond donors (Lipinski definition) is 2. The highest BCUT2D eigenvalue weighted by molar-refractivity contribution is 7.99. The van der Waals surface area contributed by atoms with Crippen molar-refractivity contribution in [3.05, 3.63) is 11.6 Å². The van der Waals surface area contributed by atoms with Gasteiger partial charge in [-0.25, -0.2) is 4.79 Å². The number of hydrogen-bond acceptors (Lipinski definition) is 3. The Bertz CT molecular complexity index is 180. The second-order valence-electron chi connectivity index (χ2n) is 2.61. The lowest BCUT2D eigenvalue weighted by Crippen LogP contribution is -2.01. The van der Waals surface area contributed by atoms with Crippen molar-refractivity contribution in [2.24, 2.45) is 5.73 Å². The van der Waals surface area contributed by atoms with E-state index in [1.54, 1.807) is 17.8 Å². The van der Waals surface area contributed by atoms with Gasteiger partial charge in [0.2, 0.25) is 0 Å². The normalized spacial score (nSPS) is 11.7. The van der Waals surface area contributed by atoms with Gasteiger partial charge in [0.25, 0.3) is 0 Å². The van der Waals surface area contributed by atoms with Crippen LogP contribution in [0.15, 0.2) is 11.6 Å². The molecule has 3 nitrogen and oxygen atoms in total. The van der Waals surface area contributed by atoms with Gasteiger partial charge in [-0.1, -0.05) is 13.0 Å². The molecule has 0 fully saturated rings. The molecule has 0 heterocycles. The van der Waals surface area contributed by atoms with Crippen LogP contribution in [0.4, 0.5) is 0 Å². The summed E-state index contributed by atoms with van der Waals surface area (Å²) in [6.07, 6.45) is 3.36. The zero-order valence-electron chi connectivity index (χ0n) is 7.95. The Morgan fingerprint density at radius 2 is 2.31 bits per heavy atom. The molecule has 0 aliphatic rings. The molecule has 0 aromatic rings. The zero-order valence-corrected chi connectivity index (χ0v) is 8.77. The lowest BCUT2D eigenvalue weighted by Gasteiger charge is -1.98. The molecular formula is C9H17NO2S. The van der Waals surface area contributed by atoms with Crippen LogP contribution in [-0.4, -0.2) is 29.1 Å². The van der Waals surface area contributed by atoms with Crippen molar-refractivity contribution in [1.82, 2.24) is 0 Å². The number of aliphatic carboxylic acids is 1. The van der Waals surface area contributed by atoms with Crippen molar-refractivity contribution in [1.29, 1.82) is 0 Å². The van der Waals surface area contributed by atoms with E-state index < -0.39 is 5.97 Å². The van der Waals surface area contributed by atoms with Gasteiger partial charge in [-0.2, -0.15) is 11.8 Å². The zero-order chi connectivity index (χ0) is 10.1. The first-order chi connectivity index (χ1) is 6.22. The van der Waals surface area contributed by atoms with Crippen LogP contribution in [-0.2, 0) is 4.79 Å². The number of rotatable bonds is 7. The van der Waals surface area contributed by atoms with Crippen molar-refractivity contribution < 1.29 is 9.90 Å². The van der Waals surface area contributed by atoms with Gasteiger partial charge in [0, 0.05) is 11.3 Å². The maximum Gasteiger partial charge on any atom is 0.331 e. The highest BCUT2D eigenvalue weighted by Gasteiger charge is 2.02. The molecule has 0 saturated carbocycles. The fourth-order valence-electron chi connectivity index (χ4n) is 0.811. The van der Waals surface area contributed by atoms with E-state index in [4.69, 9.17) is 10.8 Å². The summed E-state index contributed by atoms with van der Waals surface area (Å²) in [7, 11) is 0. The van der Waals surface area contributed by atoms with E-state index in [1.807, 2.05) is 6.92 Å². The first kappa shape index (κ1) is 12.5. The van der Waals surface area contributed by atoms with E-state index in [-0.39, 0.29) is 0 Å². The summed E-state index contributed by atoms with van der Waals surface area (Å²) in [5.41, 5.74) is 5.82. The molecule has 4 heteroatoms. The van der Waals surface area contributed by atoms with Crippen molar-refractivity contribution in [2.45, 2.75) is 19.8 Å². The topological polar surface area (TPSA) is 63.3 Å². The van der Waals surface area contributed by atoms with Crippen LogP contribution in [0.25, 0.3) is 0 Å². The summed E-state index contributed by atoms with van der Waals surface area (Å²) >= 11 is 1.72. The highest BCUT2D eigenvalue weighted by atomic mass is 32.2. The lowest BCUT2D eigenvalue weighted by molar-refractivity contribution is -0.132. The molecule has 0 aliphatic carbocycles. The van der Waals surface area contributed by atoms with E-state index in [2.05, 4.69) is 0 Å². The van der Waals surface area contributed by atoms with Gasteiger partial charge < -0.3 is 10.8 Å². The minimum Gasteiger partial charge on any atom is -0.478 e. The second kappa shape index (κ2) is 8.13. The molecule has 0 atom stereocenters. The average Bonchev–Trinajstić information content (AvgIpc) is 2.10. The van der Waals surface area contributed by atoms with Crippen molar-refractivity contribution in [3.8, 4) is 0 Å². The number of carbonyl (C=O) groups is 1. The SMILES string of the molecule is CCC(=CCSCCCN)C(=O)O. The molecule has 0 bridgehead atoms. The van der Waals surface area contributed by atoms with E-state index in [0.29, 0.717) is 18.5 Å². The van der Waals surface area contributed by atoms with Crippen LogP contribution in [0.3, 0.4) is 0 Å². The molecule has 0 saturated heterocycles. The minimum atomic E-state index is -0.804. The Morgan fingerprint density at radius 3 is 2.77 bits per heavy atom. The molecule has 0 aromatic carbocycles. The third-order valence-electron chi connectivity index (χ3n) is 1.60. The molecule has 0 aliphatic heterocycles. The maximum atomic E-state index is 10.6.